The molecule has 0 radical (unpaired) electrons. The third-order valence-corrected chi connectivity index (χ3v) is 5.54. The first-order valence-electron chi connectivity index (χ1n) is 6.56. The quantitative estimate of drug-likeness (QED) is 0.804. The SMILES string of the molecule is CNCc1cc(Cl)cc(S(=O)(=O)NCCC2CC2)c1Cl. The summed E-state index contributed by atoms with van der Waals surface area (Å²) < 4.78 is 27.2. The Morgan fingerprint density at radius 1 is 1.30 bits per heavy atom. The zero-order valence-electron chi connectivity index (χ0n) is 11.2. The van der Waals surface area contributed by atoms with Crippen LogP contribution in [-0.2, 0) is 16.6 Å². The van der Waals surface area contributed by atoms with Gasteiger partial charge in [0.1, 0.15) is 4.90 Å². The predicted molar refractivity (Wildman–Crippen MR) is 81.8 cm³/mol. The minimum atomic E-state index is -3.62. The molecule has 112 valence electrons. The molecular weight excluding hydrogens is 319 g/mol. The fourth-order valence-electron chi connectivity index (χ4n) is 2.01. The van der Waals surface area contributed by atoms with Crippen molar-refractivity contribution >= 4 is 33.2 Å². The first-order chi connectivity index (χ1) is 9.44. The van der Waals surface area contributed by atoms with E-state index in [1.807, 2.05) is 0 Å². The van der Waals surface area contributed by atoms with E-state index in [1.165, 1.54) is 18.9 Å². The Hall–Kier alpha value is -0.330. The van der Waals surface area contributed by atoms with E-state index in [0.717, 1.165) is 6.42 Å². The van der Waals surface area contributed by atoms with Crippen LogP contribution in [-0.4, -0.2) is 22.0 Å². The summed E-state index contributed by atoms with van der Waals surface area (Å²) in [6.07, 6.45) is 3.28. The van der Waals surface area contributed by atoms with Crippen molar-refractivity contribution in [3.05, 3.63) is 27.7 Å². The smallest absolute Gasteiger partial charge is 0.242 e. The van der Waals surface area contributed by atoms with Gasteiger partial charge in [-0.25, -0.2) is 13.1 Å². The van der Waals surface area contributed by atoms with Gasteiger partial charge in [0.25, 0.3) is 0 Å². The van der Waals surface area contributed by atoms with Gasteiger partial charge in [0.2, 0.25) is 10.0 Å². The van der Waals surface area contributed by atoms with Crippen LogP contribution in [0.15, 0.2) is 17.0 Å². The van der Waals surface area contributed by atoms with E-state index >= 15 is 0 Å². The molecular formula is C13H18Cl2N2O2S. The van der Waals surface area contributed by atoms with Crippen molar-refractivity contribution in [2.45, 2.75) is 30.7 Å². The molecule has 0 aliphatic heterocycles. The highest BCUT2D eigenvalue weighted by Crippen LogP contribution is 2.32. The molecule has 1 aliphatic rings. The fraction of sp³-hybridized carbons (Fsp3) is 0.538. The maximum atomic E-state index is 12.3. The summed E-state index contributed by atoms with van der Waals surface area (Å²) in [4.78, 5) is 0.0488. The normalized spacial score (nSPS) is 15.6. The van der Waals surface area contributed by atoms with Crippen LogP contribution < -0.4 is 10.0 Å². The van der Waals surface area contributed by atoms with Gasteiger partial charge in [-0.1, -0.05) is 36.0 Å². The Labute approximate surface area is 129 Å². The topological polar surface area (TPSA) is 58.2 Å². The lowest BCUT2D eigenvalue weighted by Crippen LogP contribution is -2.25. The molecule has 1 aromatic carbocycles. The molecule has 0 amide bonds. The molecule has 1 saturated carbocycles. The van der Waals surface area contributed by atoms with Gasteiger partial charge in [0.15, 0.2) is 0 Å². The van der Waals surface area contributed by atoms with Crippen LogP contribution in [0, 0.1) is 5.92 Å². The summed E-state index contributed by atoms with van der Waals surface area (Å²) in [5.41, 5.74) is 0.671. The Morgan fingerprint density at radius 2 is 2.00 bits per heavy atom. The molecule has 0 heterocycles. The van der Waals surface area contributed by atoms with Gasteiger partial charge in [0.05, 0.1) is 5.02 Å². The van der Waals surface area contributed by atoms with Gasteiger partial charge < -0.3 is 5.32 Å². The maximum absolute atomic E-state index is 12.3. The first-order valence-corrected chi connectivity index (χ1v) is 8.80. The summed E-state index contributed by atoms with van der Waals surface area (Å²) >= 11 is 12.2. The first kappa shape index (κ1) is 16.0. The highest BCUT2D eigenvalue weighted by molar-refractivity contribution is 7.89. The fourth-order valence-corrected chi connectivity index (χ4v) is 3.99. The summed E-state index contributed by atoms with van der Waals surface area (Å²) in [6, 6.07) is 3.06. The number of rotatable bonds is 7. The van der Waals surface area contributed by atoms with E-state index < -0.39 is 10.0 Å². The van der Waals surface area contributed by atoms with Crippen LogP contribution in [0.5, 0.6) is 0 Å². The molecule has 2 N–H and O–H groups in total. The van der Waals surface area contributed by atoms with Crippen molar-refractivity contribution in [3.63, 3.8) is 0 Å². The Kier molecular flexibility index (Phi) is 5.31. The molecule has 20 heavy (non-hydrogen) atoms. The van der Waals surface area contributed by atoms with Crippen molar-refractivity contribution in [1.29, 1.82) is 0 Å². The van der Waals surface area contributed by atoms with Crippen molar-refractivity contribution in [2.24, 2.45) is 5.92 Å². The number of hydrogen-bond acceptors (Lipinski definition) is 3. The number of nitrogens with one attached hydrogen (secondary N) is 2. The molecule has 0 unspecified atom stereocenters. The van der Waals surface area contributed by atoms with Crippen LogP contribution in [0.25, 0.3) is 0 Å². The van der Waals surface area contributed by atoms with Gasteiger partial charge in [-0.15, -0.1) is 0 Å². The number of benzene rings is 1. The number of halogens is 2. The van der Waals surface area contributed by atoms with Crippen molar-refractivity contribution in [3.8, 4) is 0 Å². The average molecular weight is 337 g/mol. The van der Waals surface area contributed by atoms with Crippen LogP contribution in [0.1, 0.15) is 24.8 Å². The lowest BCUT2D eigenvalue weighted by molar-refractivity contribution is 0.575. The van der Waals surface area contributed by atoms with E-state index in [2.05, 4.69) is 10.0 Å². The van der Waals surface area contributed by atoms with E-state index in [-0.39, 0.29) is 9.92 Å². The zero-order chi connectivity index (χ0) is 14.8. The summed E-state index contributed by atoms with van der Waals surface area (Å²) in [7, 11) is -1.85. The standard InChI is InChI=1S/C13H18Cl2N2O2S/c1-16-8-10-6-11(14)7-12(13(10)15)20(18,19)17-5-4-9-2-3-9/h6-7,9,16-17H,2-5,8H2,1H3. The molecule has 0 saturated heterocycles. The summed E-state index contributed by atoms with van der Waals surface area (Å²) in [5.74, 6) is 0.674. The van der Waals surface area contributed by atoms with Crippen LogP contribution >= 0.6 is 23.2 Å². The number of sulfonamides is 1. The van der Waals surface area contributed by atoms with E-state index in [4.69, 9.17) is 23.2 Å². The van der Waals surface area contributed by atoms with Gasteiger partial charge in [-0.3, -0.25) is 0 Å². The van der Waals surface area contributed by atoms with Gasteiger partial charge in [-0.05, 0) is 37.1 Å². The van der Waals surface area contributed by atoms with Crippen LogP contribution in [0.2, 0.25) is 10.0 Å². The second-order valence-electron chi connectivity index (χ2n) is 5.04. The minimum Gasteiger partial charge on any atom is -0.316 e. The zero-order valence-corrected chi connectivity index (χ0v) is 13.6. The molecule has 1 fully saturated rings. The Balaban J connectivity index is 2.20. The van der Waals surface area contributed by atoms with E-state index in [1.54, 1.807) is 13.1 Å². The summed E-state index contributed by atoms with van der Waals surface area (Å²) in [5, 5.41) is 3.53. The summed E-state index contributed by atoms with van der Waals surface area (Å²) in [6.45, 7) is 0.904. The second kappa shape index (κ2) is 6.62. The highest BCUT2D eigenvalue weighted by atomic mass is 35.5. The lowest BCUT2D eigenvalue weighted by Gasteiger charge is -2.12. The van der Waals surface area contributed by atoms with Crippen molar-refractivity contribution in [1.82, 2.24) is 10.0 Å². The molecule has 7 heteroatoms. The highest BCUT2D eigenvalue weighted by Gasteiger charge is 2.24. The van der Waals surface area contributed by atoms with Gasteiger partial charge >= 0.3 is 0 Å². The molecule has 0 aromatic heterocycles. The second-order valence-corrected chi connectivity index (χ2v) is 7.59. The molecule has 2 rings (SSSR count). The largest absolute Gasteiger partial charge is 0.316 e. The van der Waals surface area contributed by atoms with Gasteiger partial charge in [-0.2, -0.15) is 0 Å². The Bertz CT molecular complexity index is 586. The number of hydrogen-bond donors (Lipinski definition) is 2. The monoisotopic (exact) mass is 336 g/mol. The van der Waals surface area contributed by atoms with Crippen LogP contribution in [0.3, 0.4) is 0 Å². The molecule has 1 aromatic rings. The predicted octanol–water partition coefficient (Wildman–Crippen LogP) is 2.79. The maximum Gasteiger partial charge on any atom is 0.242 e. The van der Waals surface area contributed by atoms with Crippen molar-refractivity contribution in [2.75, 3.05) is 13.6 Å². The average Bonchev–Trinajstić information content (AvgIpc) is 3.17. The third kappa shape index (κ3) is 4.09. The minimum absolute atomic E-state index is 0.0488. The van der Waals surface area contributed by atoms with E-state index in [9.17, 15) is 8.42 Å². The van der Waals surface area contributed by atoms with Crippen molar-refractivity contribution < 1.29 is 8.42 Å². The lowest BCUT2D eigenvalue weighted by atomic mass is 10.2. The Morgan fingerprint density at radius 3 is 2.60 bits per heavy atom. The molecule has 4 nitrogen and oxygen atoms in total. The van der Waals surface area contributed by atoms with Gasteiger partial charge in [0, 0.05) is 18.1 Å². The van der Waals surface area contributed by atoms with Crippen LogP contribution in [0.4, 0.5) is 0 Å². The molecule has 0 bridgehead atoms. The molecule has 0 atom stereocenters. The molecule has 0 spiro atoms. The van der Waals surface area contributed by atoms with E-state index in [0.29, 0.717) is 29.6 Å². The molecule has 1 aliphatic carbocycles. The third-order valence-electron chi connectivity index (χ3n) is 3.28.